The lowest BCUT2D eigenvalue weighted by molar-refractivity contribution is -0.120. The van der Waals surface area contributed by atoms with E-state index in [0.717, 1.165) is 18.4 Å². The summed E-state index contributed by atoms with van der Waals surface area (Å²) < 4.78 is 12.8. The van der Waals surface area contributed by atoms with Gasteiger partial charge < -0.3 is 10.6 Å². The first-order valence-corrected chi connectivity index (χ1v) is 7.75. The second kappa shape index (κ2) is 8.22. The van der Waals surface area contributed by atoms with Crippen molar-refractivity contribution in [3.05, 3.63) is 47.8 Å². The van der Waals surface area contributed by atoms with Crippen LogP contribution < -0.4 is 10.6 Å². The molecule has 0 aliphatic carbocycles. The molecule has 1 heterocycles. The van der Waals surface area contributed by atoms with Gasteiger partial charge in [0.15, 0.2) is 5.82 Å². The lowest BCUT2D eigenvalue weighted by Gasteiger charge is -2.12. The molecule has 0 atom stereocenters. The third-order valence-electron chi connectivity index (χ3n) is 3.66. The van der Waals surface area contributed by atoms with Crippen LogP contribution in [0.4, 0.5) is 16.0 Å². The standard InChI is InChI=1S/C17H21FN4O/c1-3-13(4-2)17(23)20-16-10-9-15(21-22-16)19-11-12-5-7-14(18)8-6-12/h5-10,13H,3-4,11H2,1-2H3,(H,19,21)(H,20,22,23). The summed E-state index contributed by atoms with van der Waals surface area (Å²) >= 11 is 0. The molecule has 0 aliphatic rings. The lowest BCUT2D eigenvalue weighted by atomic mass is 10.0. The van der Waals surface area contributed by atoms with Crippen molar-refractivity contribution in [1.82, 2.24) is 10.2 Å². The first-order chi connectivity index (χ1) is 11.1. The Morgan fingerprint density at radius 1 is 1.04 bits per heavy atom. The van der Waals surface area contributed by atoms with E-state index in [-0.39, 0.29) is 17.6 Å². The van der Waals surface area contributed by atoms with Crippen molar-refractivity contribution >= 4 is 17.5 Å². The summed E-state index contributed by atoms with van der Waals surface area (Å²) in [5, 5.41) is 13.9. The molecule has 2 rings (SSSR count). The van der Waals surface area contributed by atoms with Gasteiger partial charge in [0.1, 0.15) is 11.6 Å². The Hall–Kier alpha value is -2.50. The summed E-state index contributed by atoms with van der Waals surface area (Å²) in [6.07, 6.45) is 1.60. The van der Waals surface area contributed by atoms with Gasteiger partial charge in [0.05, 0.1) is 0 Å². The molecule has 0 unspecified atom stereocenters. The molecule has 1 amide bonds. The smallest absolute Gasteiger partial charge is 0.228 e. The van der Waals surface area contributed by atoms with Gasteiger partial charge in [-0.3, -0.25) is 4.79 Å². The lowest BCUT2D eigenvalue weighted by Crippen LogP contribution is -2.22. The molecule has 0 saturated heterocycles. The zero-order valence-corrected chi connectivity index (χ0v) is 13.3. The van der Waals surface area contributed by atoms with Crippen molar-refractivity contribution in [2.45, 2.75) is 33.2 Å². The van der Waals surface area contributed by atoms with Crippen LogP contribution in [0.1, 0.15) is 32.3 Å². The second-order valence-corrected chi connectivity index (χ2v) is 5.29. The van der Waals surface area contributed by atoms with E-state index < -0.39 is 0 Å². The van der Waals surface area contributed by atoms with E-state index >= 15 is 0 Å². The monoisotopic (exact) mass is 316 g/mol. The predicted molar refractivity (Wildman–Crippen MR) is 88.5 cm³/mol. The number of rotatable bonds is 7. The number of carbonyl (C=O) groups excluding carboxylic acids is 1. The van der Waals surface area contributed by atoms with Gasteiger partial charge in [-0.25, -0.2) is 4.39 Å². The number of carbonyl (C=O) groups is 1. The highest BCUT2D eigenvalue weighted by atomic mass is 19.1. The average Bonchev–Trinajstić information content (AvgIpc) is 2.57. The first kappa shape index (κ1) is 16.9. The molecule has 0 aliphatic heterocycles. The summed E-state index contributed by atoms with van der Waals surface area (Å²) in [5.74, 6) is 0.736. The van der Waals surface area contributed by atoms with Crippen LogP contribution in [0, 0.1) is 11.7 Å². The minimum atomic E-state index is -0.258. The molecule has 0 saturated carbocycles. The molecule has 5 nitrogen and oxygen atoms in total. The van der Waals surface area contributed by atoms with E-state index in [1.807, 2.05) is 13.8 Å². The largest absolute Gasteiger partial charge is 0.365 e. The summed E-state index contributed by atoms with van der Waals surface area (Å²) in [6.45, 7) is 4.50. The highest BCUT2D eigenvalue weighted by Gasteiger charge is 2.14. The second-order valence-electron chi connectivity index (χ2n) is 5.29. The highest BCUT2D eigenvalue weighted by Crippen LogP contribution is 2.13. The normalized spacial score (nSPS) is 10.6. The van der Waals surface area contributed by atoms with E-state index in [1.165, 1.54) is 12.1 Å². The Balaban J connectivity index is 1.89. The van der Waals surface area contributed by atoms with Gasteiger partial charge in [-0.05, 0) is 42.7 Å². The fourth-order valence-electron chi connectivity index (χ4n) is 2.18. The Morgan fingerprint density at radius 2 is 1.65 bits per heavy atom. The number of anilines is 2. The number of benzene rings is 1. The van der Waals surface area contributed by atoms with Gasteiger partial charge in [0.2, 0.25) is 5.91 Å². The third-order valence-corrected chi connectivity index (χ3v) is 3.66. The highest BCUT2D eigenvalue weighted by molar-refractivity contribution is 5.91. The van der Waals surface area contributed by atoms with Crippen LogP contribution in [0.3, 0.4) is 0 Å². The first-order valence-electron chi connectivity index (χ1n) is 7.75. The molecule has 0 bridgehead atoms. The van der Waals surface area contributed by atoms with Crippen LogP contribution in [-0.4, -0.2) is 16.1 Å². The quantitative estimate of drug-likeness (QED) is 0.819. The molecular formula is C17H21FN4O. The maximum absolute atomic E-state index is 12.8. The van der Waals surface area contributed by atoms with Crippen LogP contribution in [0.5, 0.6) is 0 Å². The zero-order valence-electron chi connectivity index (χ0n) is 13.3. The number of nitrogens with one attached hydrogen (secondary N) is 2. The van der Waals surface area contributed by atoms with E-state index in [4.69, 9.17) is 0 Å². The average molecular weight is 316 g/mol. The number of hydrogen-bond donors (Lipinski definition) is 2. The number of hydrogen-bond acceptors (Lipinski definition) is 4. The molecular weight excluding hydrogens is 295 g/mol. The summed E-state index contributed by atoms with van der Waals surface area (Å²) in [6, 6.07) is 9.71. The molecule has 0 radical (unpaired) electrons. The Labute approximate surface area is 135 Å². The summed E-state index contributed by atoms with van der Waals surface area (Å²) in [5.41, 5.74) is 0.944. The van der Waals surface area contributed by atoms with Crippen molar-refractivity contribution in [1.29, 1.82) is 0 Å². The summed E-state index contributed by atoms with van der Waals surface area (Å²) in [4.78, 5) is 12.0. The molecule has 0 fully saturated rings. The minimum absolute atomic E-state index is 0.00641. The van der Waals surface area contributed by atoms with Crippen LogP contribution >= 0.6 is 0 Å². The number of halogens is 1. The van der Waals surface area contributed by atoms with Crippen molar-refractivity contribution in [2.24, 2.45) is 5.92 Å². The van der Waals surface area contributed by atoms with Crippen LogP contribution in [-0.2, 0) is 11.3 Å². The third kappa shape index (κ3) is 5.02. The van der Waals surface area contributed by atoms with Crippen molar-refractivity contribution in [3.8, 4) is 0 Å². The van der Waals surface area contributed by atoms with Gasteiger partial charge in [0.25, 0.3) is 0 Å². The zero-order chi connectivity index (χ0) is 16.7. The molecule has 1 aromatic carbocycles. The predicted octanol–water partition coefficient (Wildman–Crippen LogP) is 3.60. The van der Waals surface area contributed by atoms with E-state index in [9.17, 15) is 9.18 Å². The molecule has 6 heteroatoms. The van der Waals surface area contributed by atoms with E-state index in [2.05, 4.69) is 20.8 Å². The minimum Gasteiger partial charge on any atom is -0.365 e. The summed E-state index contributed by atoms with van der Waals surface area (Å²) in [7, 11) is 0. The number of aromatic nitrogens is 2. The Kier molecular flexibility index (Phi) is 6.02. The van der Waals surface area contributed by atoms with Gasteiger partial charge in [-0.2, -0.15) is 0 Å². The van der Waals surface area contributed by atoms with E-state index in [1.54, 1.807) is 24.3 Å². The van der Waals surface area contributed by atoms with Crippen LogP contribution in [0.25, 0.3) is 0 Å². The van der Waals surface area contributed by atoms with Gasteiger partial charge in [-0.1, -0.05) is 26.0 Å². The molecule has 23 heavy (non-hydrogen) atoms. The van der Waals surface area contributed by atoms with E-state index in [0.29, 0.717) is 18.2 Å². The maximum Gasteiger partial charge on any atom is 0.228 e. The maximum atomic E-state index is 12.8. The fraction of sp³-hybridized carbons (Fsp3) is 0.353. The van der Waals surface area contributed by atoms with Gasteiger partial charge in [0, 0.05) is 12.5 Å². The SMILES string of the molecule is CCC(CC)C(=O)Nc1ccc(NCc2ccc(F)cc2)nn1. The molecule has 2 N–H and O–H groups in total. The molecule has 122 valence electrons. The topological polar surface area (TPSA) is 66.9 Å². The van der Waals surface area contributed by atoms with Crippen LogP contribution in [0.2, 0.25) is 0 Å². The van der Waals surface area contributed by atoms with Crippen molar-refractivity contribution in [2.75, 3.05) is 10.6 Å². The van der Waals surface area contributed by atoms with Crippen molar-refractivity contribution in [3.63, 3.8) is 0 Å². The van der Waals surface area contributed by atoms with Crippen molar-refractivity contribution < 1.29 is 9.18 Å². The number of amides is 1. The Morgan fingerprint density at radius 3 is 2.22 bits per heavy atom. The van der Waals surface area contributed by atoms with Crippen LogP contribution in [0.15, 0.2) is 36.4 Å². The molecule has 2 aromatic rings. The Bertz CT molecular complexity index is 624. The fourth-order valence-corrected chi connectivity index (χ4v) is 2.18. The number of nitrogens with zero attached hydrogens (tertiary/aromatic N) is 2. The van der Waals surface area contributed by atoms with Gasteiger partial charge in [-0.15, -0.1) is 10.2 Å². The molecule has 0 spiro atoms. The molecule has 1 aromatic heterocycles. The van der Waals surface area contributed by atoms with Gasteiger partial charge >= 0.3 is 0 Å².